The molecule has 3 rings (SSSR count). The maximum absolute atomic E-state index is 5.63. The van der Waals surface area contributed by atoms with Crippen LogP contribution in [0.3, 0.4) is 0 Å². The summed E-state index contributed by atoms with van der Waals surface area (Å²) in [6, 6.07) is 9.97. The van der Waals surface area contributed by atoms with E-state index in [0.717, 1.165) is 17.8 Å². The van der Waals surface area contributed by atoms with Gasteiger partial charge in [0, 0.05) is 11.8 Å². The number of thioether (sulfide) groups is 1. The SMILES string of the molecule is CCc1ccc(-c2nc(SCc3nccc(N)n3)n[nH]2)cc1. The number of hydrogen-bond acceptors (Lipinski definition) is 6. The van der Waals surface area contributed by atoms with Gasteiger partial charge >= 0.3 is 0 Å². The van der Waals surface area contributed by atoms with Gasteiger partial charge in [-0.3, -0.25) is 5.10 Å². The topological polar surface area (TPSA) is 93.4 Å². The Morgan fingerprint density at radius 3 is 2.68 bits per heavy atom. The number of nitrogens with zero attached hydrogens (tertiary/aromatic N) is 4. The van der Waals surface area contributed by atoms with E-state index in [2.05, 4.69) is 56.3 Å². The number of aryl methyl sites for hydroxylation is 1. The highest BCUT2D eigenvalue weighted by Gasteiger charge is 2.07. The number of aromatic nitrogens is 5. The lowest BCUT2D eigenvalue weighted by Crippen LogP contribution is -1.96. The quantitative estimate of drug-likeness (QED) is 0.704. The molecule has 0 spiro atoms. The Labute approximate surface area is 132 Å². The number of H-pyrrole nitrogens is 1. The highest BCUT2D eigenvalue weighted by atomic mass is 32.2. The van der Waals surface area contributed by atoms with Crippen molar-refractivity contribution >= 4 is 17.6 Å². The van der Waals surface area contributed by atoms with Gasteiger partial charge in [0.25, 0.3) is 0 Å². The van der Waals surface area contributed by atoms with Gasteiger partial charge in [0.05, 0.1) is 5.75 Å². The average molecular weight is 312 g/mol. The monoisotopic (exact) mass is 312 g/mol. The summed E-state index contributed by atoms with van der Waals surface area (Å²) in [6.45, 7) is 2.14. The van der Waals surface area contributed by atoms with E-state index in [1.807, 2.05) is 0 Å². The van der Waals surface area contributed by atoms with Crippen LogP contribution in [0.25, 0.3) is 11.4 Å². The molecule has 0 unspecified atom stereocenters. The number of anilines is 1. The average Bonchev–Trinajstić information content (AvgIpc) is 3.02. The van der Waals surface area contributed by atoms with Crippen molar-refractivity contribution in [2.75, 3.05) is 5.73 Å². The molecule has 3 aromatic rings. The van der Waals surface area contributed by atoms with E-state index in [4.69, 9.17) is 5.73 Å². The molecule has 0 aliphatic heterocycles. The summed E-state index contributed by atoms with van der Waals surface area (Å²) < 4.78 is 0. The summed E-state index contributed by atoms with van der Waals surface area (Å²) in [5.41, 5.74) is 7.96. The van der Waals surface area contributed by atoms with Gasteiger partial charge in [-0.2, -0.15) is 0 Å². The van der Waals surface area contributed by atoms with E-state index < -0.39 is 0 Å². The van der Waals surface area contributed by atoms with Gasteiger partial charge in [0.15, 0.2) is 5.82 Å². The fourth-order valence-electron chi connectivity index (χ4n) is 1.95. The summed E-state index contributed by atoms with van der Waals surface area (Å²) in [5, 5.41) is 7.84. The zero-order chi connectivity index (χ0) is 15.4. The Hall–Kier alpha value is -2.41. The molecule has 0 bridgehead atoms. The maximum atomic E-state index is 5.63. The van der Waals surface area contributed by atoms with Crippen molar-refractivity contribution in [2.24, 2.45) is 0 Å². The Morgan fingerprint density at radius 1 is 1.14 bits per heavy atom. The molecule has 0 aliphatic rings. The molecule has 0 amide bonds. The van der Waals surface area contributed by atoms with Crippen LogP contribution in [0.2, 0.25) is 0 Å². The number of nitrogen functional groups attached to an aromatic ring is 1. The Morgan fingerprint density at radius 2 is 1.95 bits per heavy atom. The zero-order valence-electron chi connectivity index (χ0n) is 12.2. The van der Waals surface area contributed by atoms with Gasteiger partial charge in [-0.1, -0.05) is 43.0 Å². The molecule has 2 heterocycles. The van der Waals surface area contributed by atoms with Gasteiger partial charge in [-0.05, 0) is 18.1 Å². The lowest BCUT2D eigenvalue weighted by Gasteiger charge is -1.99. The summed E-state index contributed by atoms with van der Waals surface area (Å²) in [7, 11) is 0. The third-order valence-corrected chi connectivity index (χ3v) is 4.00. The van der Waals surface area contributed by atoms with Crippen molar-refractivity contribution in [3.63, 3.8) is 0 Å². The van der Waals surface area contributed by atoms with Crippen LogP contribution in [0, 0.1) is 0 Å². The van der Waals surface area contributed by atoms with Crippen molar-refractivity contribution in [2.45, 2.75) is 24.3 Å². The molecular formula is C15H16N6S. The number of rotatable bonds is 5. The second-order valence-corrected chi connectivity index (χ2v) is 5.65. The van der Waals surface area contributed by atoms with Crippen molar-refractivity contribution in [3.8, 4) is 11.4 Å². The smallest absolute Gasteiger partial charge is 0.209 e. The van der Waals surface area contributed by atoms with Crippen LogP contribution >= 0.6 is 11.8 Å². The number of benzene rings is 1. The van der Waals surface area contributed by atoms with Crippen LogP contribution in [0.1, 0.15) is 18.3 Å². The fourth-order valence-corrected chi connectivity index (χ4v) is 2.62. The predicted octanol–water partition coefficient (Wildman–Crippen LogP) is 2.70. The Bertz CT molecular complexity index is 753. The molecule has 0 radical (unpaired) electrons. The summed E-state index contributed by atoms with van der Waals surface area (Å²) in [5.74, 6) is 2.48. The lowest BCUT2D eigenvalue weighted by atomic mass is 10.1. The summed E-state index contributed by atoms with van der Waals surface area (Å²) in [6.07, 6.45) is 2.68. The molecule has 22 heavy (non-hydrogen) atoms. The number of nitrogens with one attached hydrogen (secondary N) is 1. The van der Waals surface area contributed by atoms with E-state index >= 15 is 0 Å². The maximum Gasteiger partial charge on any atom is 0.209 e. The number of nitrogens with two attached hydrogens (primary N) is 1. The first-order valence-electron chi connectivity index (χ1n) is 6.96. The molecule has 112 valence electrons. The molecule has 3 N–H and O–H groups in total. The number of aromatic amines is 1. The largest absolute Gasteiger partial charge is 0.384 e. The van der Waals surface area contributed by atoms with Crippen molar-refractivity contribution in [1.82, 2.24) is 25.1 Å². The second-order valence-electron chi connectivity index (χ2n) is 4.70. The first-order valence-corrected chi connectivity index (χ1v) is 7.95. The molecule has 1 aromatic carbocycles. The zero-order valence-corrected chi connectivity index (χ0v) is 13.0. The van der Waals surface area contributed by atoms with Crippen LogP contribution in [-0.4, -0.2) is 25.1 Å². The molecule has 0 aliphatic carbocycles. The fraction of sp³-hybridized carbons (Fsp3) is 0.200. The van der Waals surface area contributed by atoms with Gasteiger partial charge in [0.2, 0.25) is 5.16 Å². The highest BCUT2D eigenvalue weighted by molar-refractivity contribution is 7.98. The molecule has 2 aromatic heterocycles. The van der Waals surface area contributed by atoms with Crippen molar-refractivity contribution < 1.29 is 0 Å². The molecular weight excluding hydrogens is 296 g/mol. The summed E-state index contributed by atoms with van der Waals surface area (Å²) in [4.78, 5) is 12.8. The van der Waals surface area contributed by atoms with Gasteiger partial charge in [-0.25, -0.2) is 15.0 Å². The minimum atomic E-state index is 0.470. The van der Waals surface area contributed by atoms with Crippen molar-refractivity contribution in [1.29, 1.82) is 0 Å². The van der Waals surface area contributed by atoms with Crippen LogP contribution in [0.5, 0.6) is 0 Å². The minimum Gasteiger partial charge on any atom is -0.384 e. The van der Waals surface area contributed by atoms with E-state index in [-0.39, 0.29) is 0 Å². The minimum absolute atomic E-state index is 0.470. The normalized spacial score (nSPS) is 10.8. The van der Waals surface area contributed by atoms with E-state index in [1.54, 1.807) is 12.3 Å². The molecule has 7 heteroatoms. The number of hydrogen-bond donors (Lipinski definition) is 2. The molecule has 0 saturated heterocycles. The Balaban J connectivity index is 1.68. The Kier molecular flexibility index (Phi) is 4.34. The van der Waals surface area contributed by atoms with E-state index in [0.29, 0.717) is 22.6 Å². The second kappa shape index (κ2) is 6.57. The van der Waals surface area contributed by atoms with Crippen LogP contribution in [0.15, 0.2) is 41.7 Å². The molecule has 0 fully saturated rings. The van der Waals surface area contributed by atoms with Crippen LogP contribution < -0.4 is 5.73 Å². The van der Waals surface area contributed by atoms with Crippen LogP contribution in [-0.2, 0) is 12.2 Å². The van der Waals surface area contributed by atoms with E-state index in [9.17, 15) is 0 Å². The standard InChI is InChI=1S/C15H16N6S/c1-2-10-3-5-11(6-4-10)14-19-15(21-20-14)22-9-13-17-8-7-12(16)18-13/h3-8H,2,9H2,1H3,(H2,16,17,18)(H,19,20,21). The summed E-state index contributed by atoms with van der Waals surface area (Å²) >= 11 is 1.47. The highest BCUT2D eigenvalue weighted by Crippen LogP contribution is 2.21. The van der Waals surface area contributed by atoms with Gasteiger partial charge in [-0.15, -0.1) is 5.10 Å². The lowest BCUT2D eigenvalue weighted by molar-refractivity contribution is 0.966. The molecule has 6 nitrogen and oxygen atoms in total. The third kappa shape index (κ3) is 3.43. The third-order valence-electron chi connectivity index (χ3n) is 3.16. The first kappa shape index (κ1) is 14.5. The first-order chi connectivity index (χ1) is 10.7. The van der Waals surface area contributed by atoms with Crippen molar-refractivity contribution in [3.05, 3.63) is 47.9 Å². The van der Waals surface area contributed by atoms with Gasteiger partial charge < -0.3 is 5.73 Å². The molecule has 0 saturated carbocycles. The van der Waals surface area contributed by atoms with E-state index in [1.165, 1.54) is 17.3 Å². The van der Waals surface area contributed by atoms with Gasteiger partial charge in [0.1, 0.15) is 11.6 Å². The predicted molar refractivity (Wildman–Crippen MR) is 87.2 cm³/mol. The molecule has 0 atom stereocenters. The van der Waals surface area contributed by atoms with Crippen LogP contribution in [0.4, 0.5) is 5.82 Å².